The standard InChI is InChI=1S/C18H26N2O4S/c1-25(22,23)20-13-17(24-16-12-8-7-11-15(16)20)18(21)19-14-9-5-3-2-4-6-10-14/h7-8,11-12,14,17H,2-6,9-10,13H2,1H3,(H,19,21). The number of sulfonamides is 1. The SMILES string of the molecule is CS(=O)(=O)N1CC(C(=O)NC2CCCCCCC2)Oc2ccccc21. The molecule has 1 N–H and O–H groups in total. The van der Waals surface area contributed by atoms with Crippen LogP contribution in [0.15, 0.2) is 24.3 Å². The van der Waals surface area contributed by atoms with Crippen molar-refractivity contribution in [3.63, 3.8) is 0 Å². The highest BCUT2D eigenvalue weighted by Gasteiger charge is 2.35. The molecule has 1 fully saturated rings. The van der Waals surface area contributed by atoms with Crippen LogP contribution in [-0.4, -0.2) is 39.3 Å². The van der Waals surface area contributed by atoms with Crippen LogP contribution in [0.5, 0.6) is 5.75 Å². The first kappa shape index (κ1) is 18.0. The van der Waals surface area contributed by atoms with Crippen molar-refractivity contribution in [1.82, 2.24) is 5.32 Å². The molecule has 0 aromatic heterocycles. The van der Waals surface area contributed by atoms with Gasteiger partial charge in [-0.15, -0.1) is 0 Å². The minimum atomic E-state index is -3.48. The highest BCUT2D eigenvalue weighted by molar-refractivity contribution is 7.92. The zero-order valence-electron chi connectivity index (χ0n) is 14.6. The van der Waals surface area contributed by atoms with E-state index in [-0.39, 0.29) is 18.5 Å². The van der Waals surface area contributed by atoms with Gasteiger partial charge in [-0.1, -0.05) is 44.2 Å². The summed E-state index contributed by atoms with van der Waals surface area (Å²) < 4.78 is 31.3. The smallest absolute Gasteiger partial charge is 0.263 e. The average Bonchev–Trinajstić information content (AvgIpc) is 2.55. The number of hydrogen-bond donors (Lipinski definition) is 1. The molecule has 0 bridgehead atoms. The fourth-order valence-electron chi connectivity index (χ4n) is 3.55. The topological polar surface area (TPSA) is 75.7 Å². The van der Waals surface area contributed by atoms with E-state index >= 15 is 0 Å². The third-order valence-corrected chi connectivity index (χ3v) is 6.03. The summed E-state index contributed by atoms with van der Waals surface area (Å²) in [6.07, 6.45) is 8.21. The molecule has 1 aromatic rings. The summed E-state index contributed by atoms with van der Waals surface area (Å²) in [5.74, 6) is 0.200. The molecule has 0 saturated heterocycles. The largest absolute Gasteiger partial charge is 0.476 e. The molecule has 7 heteroatoms. The summed E-state index contributed by atoms with van der Waals surface area (Å²) in [7, 11) is -3.48. The Morgan fingerprint density at radius 2 is 1.76 bits per heavy atom. The molecule has 1 amide bonds. The van der Waals surface area contributed by atoms with Crippen LogP contribution < -0.4 is 14.4 Å². The molecule has 1 atom stereocenters. The van der Waals surface area contributed by atoms with E-state index in [4.69, 9.17) is 4.74 Å². The highest BCUT2D eigenvalue weighted by atomic mass is 32.2. The number of ether oxygens (including phenoxy) is 1. The third-order valence-electron chi connectivity index (χ3n) is 4.88. The van der Waals surface area contributed by atoms with Crippen molar-refractivity contribution in [2.24, 2.45) is 0 Å². The molecule has 0 spiro atoms. The van der Waals surface area contributed by atoms with E-state index in [2.05, 4.69) is 5.32 Å². The predicted molar refractivity (Wildman–Crippen MR) is 97.3 cm³/mol. The molecule has 1 aromatic carbocycles. The van der Waals surface area contributed by atoms with Gasteiger partial charge in [-0.25, -0.2) is 8.42 Å². The van der Waals surface area contributed by atoms with Gasteiger partial charge in [-0.3, -0.25) is 9.10 Å². The van der Waals surface area contributed by atoms with E-state index < -0.39 is 16.1 Å². The van der Waals surface area contributed by atoms with Crippen LogP contribution in [-0.2, 0) is 14.8 Å². The minimum absolute atomic E-state index is 0.00833. The number of carbonyl (C=O) groups excluding carboxylic acids is 1. The molecule has 1 saturated carbocycles. The zero-order chi connectivity index (χ0) is 17.9. The maximum absolute atomic E-state index is 12.7. The third kappa shape index (κ3) is 4.45. The van der Waals surface area contributed by atoms with Gasteiger partial charge in [0.05, 0.1) is 18.5 Å². The average molecular weight is 366 g/mol. The first-order chi connectivity index (χ1) is 11.9. The van der Waals surface area contributed by atoms with Crippen LogP contribution in [0.25, 0.3) is 0 Å². The monoisotopic (exact) mass is 366 g/mol. The summed E-state index contributed by atoms with van der Waals surface area (Å²) in [5.41, 5.74) is 0.486. The maximum atomic E-state index is 12.7. The fourth-order valence-corrected chi connectivity index (χ4v) is 4.46. The lowest BCUT2D eigenvalue weighted by atomic mass is 9.96. The van der Waals surface area contributed by atoms with Crippen LogP contribution in [0.2, 0.25) is 0 Å². The van der Waals surface area contributed by atoms with Crippen LogP contribution >= 0.6 is 0 Å². The van der Waals surface area contributed by atoms with E-state index in [0.717, 1.165) is 31.9 Å². The molecule has 1 aliphatic heterocycles. The van der Waals surface area contributed by atoms with Gasteiger partial charge in [0, 0.05) is 6.04 Å². The fraction of sp³-hybridized carbons (Fsp3) is 0.611. The lowest BCUT2D eigenvalue weighted by Gasteiger charge is -2.34. The number of nitrogens with one attached hydrogen (secondary N) is 1. The van der Waals surface area contributed by atoms with Gasteiger partial charge in [-0.05, 0) is 25.0 Å². The molecule has 6 nitrogen and oxygen atoms in total. The summed E-state index contributed by atoms with van der Waals surface area (Å²) in [4.78, 5) is 12.7. The van der Waals surface area contributed by atoms with E-state index in [1.54, 1.807) is 24.3 Å². The van der Waals surface area contributed by atoms with Crippen molar-refractivity contribution in [3.05, 3.63) is 24.3 Å². The highest BCUT2D eigenvalue weighted by Crippen LogP contribution is 2.34. The quantitative estimate of drug-likeness (QED) is 0.891. The second-order valence-electron chi connectivity index (χ2n) is 6.92. The summed E-state index contributed by atoms with van der Waals surface area (Å²) in [6.45, 7) is 0.00833. The van der Waals surface area contributed by atoms with Crippen LogP contribution in [0, 0.1) is 0 Å². The van der Waals surface area contributed by atoms with Crippen molar-refractivity contribution < 1.29 is 17.9 Å². The van der Waals surface area contributed by atoms with Crippen molar-refractivity contribution in [3.8, 4) is 5.75 Å². The maximum Gasteiger partial charge on any atom is 0.263 e. The lowest BCUT2D eigenvalue weighted by molar-refractivity contribution is -0.128. The number of amides is 1. The second kappa shape index (κ2) is 7.64. The number of fused-ring (bicyclic) bond motifs is 1. The Morgan fingerprint density at radius 1 is 1.12 bits per heavy atom. The Labute approximate surface area is 149 Å². The molecule has 138 valence electrons. The van der Waals surface area contributed by atoms with Crippen molar-refractivity contribution in [1.29, 1.82) is 0 Å². The summed E-state index contributed by atoms with van der Waals surface area (Å²) >= 11 is 0. The van der Waals surface area contributed by atoms with Crippen molar-refractivity contribution in [2.45, 2.75) is 57.1 Å². The number of carbonyl (C=O) groups is 1. The van der Waals surface area contributed by atoms with Crippen molar-refractivity contribution >= 4 is 21.6 Å². The second-order valence-corrected chi connectivity index (χ2v) is 8.83. The Hall–Kier alpha value is -1.76. The molecule has 1 aliphatic carbocycles. The van der Waals surface area contributed by atoms with E-state index in [0.29, 0.717) is 11.4 Å². The number of hydrogen-bond acceptors (Lipinski definition) is 4. The van der Waals surface area contributed by atoms with Gasteiger partial charge >= 0.3 is 0 Å². The normalized spacial score (nSPS) is 22.3. The zero-order valence-corrected chi connectivity index (χ0v) is 15.4. The first-order valence-electron chi connectivity index (χ1n) is 8.99. The lowest BCUT2D eigenvalue weighted by Crippen LogP contribution is -2.52. The van der Waals surface area contributed by atoms with Gasteiger partial charge in [0.2, 0.25) is 10.0 Å². The van der Waals surface area contributed by atoms with Gasteiger partial charge in [0.1, 0.15) is 5.75 Å². The van der Waals surface area contributed by atoms with E-state index in [1.165, 1.54) is 23.6 Å². The molecular formula is C18H26N2O4S. The van der Waals surface area contributed by atoms with Crippen LogP contribution in [0.4, 0.5) is 5.69 Å². The Morgan fingerprint density at radius 3 is 2.44 bits per heavy atom. The molecular weight excluding hydrogens is 340 g/mol. The van der Waals surface area contributed by atoms with Gasteiger partial charge in [0.15, 0.2) is 6.10 Å². The Bertz CT molecular complexity index is 712. The van der Waals surface area contributed by atoms with E-state index in [9.17, 15) is 13.2 Å². The molecule has 1 unspecified atom stereocenters. The van der Waals surface area contributed by atoms with Gasteiger partial charge < -0.3 is 10.1 Å². The number of benzene rings is 1. The minimum Gasteiger partial charge on any atom is -0.476 e. The number of nitrogens with zero attached hydrogens (tertiary/aromatic N) is 1. The van der Waals surface area contributed by atoms with Crippen LogP contribution in [0.1, 0.15) is 44.9 Å². The summed E-state index contributed by atoms with van der Waals surface area (Å²) in [6, 6.07) is 7.08. The molecule has 0 radical (unpaired) electrons. The van der Waals surface area contributed by atoms with Gasteiger partial charge in [0.25, 0.3) is 5.91 Å². The molecule has 25 heavy (non-hydrogen) atoms. The van der Waals surface area contributed by atoms with Gasteiger partial charge in [-0.2, -0.15) is 0 Å². The predicted octanol–water partition coefficient (Wildman–Crippen LogP) is 2.44. The molecule has 3 rings (SSSR count). The first-order valence-corrected chi connectivity index (χ1v) is 10.8. The molecule has 1 heterocycles. The Kier molecular flexibility index (Phi) is 5.51. The van der Waals surface area contributed by atoms with Crippen molar-refractivity contribution in [2.75, 3.05) is 17.1 Å². The Balaban J connectivity index is 1.73. The number of para-hydroxylation sites is 2. The summed E-state index contributed by atoms with van der Waals surface area (Å²) in [5, 5.41) is 3.07. The van der Waals surface area contributed by atoms with Crippen LogP contribution in [0.3, 0.4) is 0 Å². The van der Waals surface area contributed by atoms with E-state index in [1.807, 2.05) is 0 Å². The molecule has 2 aliphatic rings. The number of anilines is 1. The number of rotatable bonds is 3.